The van der Waals surface area contributed by atoms with Gasteiger partial charge in [-0.3, -0.25) is 4.79 Å². The van der Waals surface area contributed by atoms with Crippen LogP contribution in [0.15, 0.2) is 72.9 Å². The van der Waals surface area contributed by atoms with E-state index < -0.39 is 0 Å². The maximum atomic E-state index is 12.0. The summed E-state index contributed by atoms with van der Waals surface area (Å²) < 4.78 is 5.33. The zero-order valence-corrected chi connectivity index (χ0v) is 16.8. The number of nitrogens with one attached hydrogen (secondary N) is 1. The van der Waals surface area contributed by atoms with Gasteiger partial charge < -0.3 is 15.0 Å². The van der Waals surface area contributed by atoms with Crippen LogP contribution in [0.2, 0.25) is 0 Å². The smallest absolute Gasteiger partial charge is 0.243 e. The Bertz CT molecular complexity index is 788. The number of carbonyl (C=O) groups excluding carboxylic acids is 1. The summed E-state index contributed by atoms with van der Waals surface area (Å²) in [6.45, 7) is 8.66. The lowest BCUT2D eigenvalue weighted by molar-refractivity contribution is -0.116. The predicted molar refractivity (Wildman–Crippen MR) is 118 cm³/mol. The van der Waals surface area contributed by atoms with Crippen LogP contribution < -0.4 is 15.0 Å². The number of carbonyl (C=O) groups is 1. The fourth-order valence-electron chi connectivity index (χ4n) is 4.09. The highest BCUT2D eigenvalue weighted by Gasteiger charge is 2.54. The lowest BCUT2D eigenvalue weighted by atomic mass is 10.1. The van der Waals surface area contributed by atoms with Crippen molar-refractivity contribution in [3.8, 4) is 5.75 Å². The van der Waals surface area contributed by atoms with Gasteiger partial charge in [0.15, 0.2) is 0 Å². The summed E-state index contributed by atoms with van der Waals surface area (Å²) >= 11 is 0. The van der Waals surface area contributed by atoms with Crippen molar-refractivity contribution in [1.82, 2.24) is 5.32 Å². The highest BCUT2D eigenvalue weighted by atomic mass is 16.5. The van der Waals surface area contributed by atoms with E-state index in [1.165, 1.54) is 5.69 Å². The molecule has 0 radical (unpaired) electrons. The lowest BCUT2D eigenvalue weighted by Crippen LogP contribution is -2.26. The summed E-state index contributed by atoms with van der Waals surface area (Å²) in [7, 11) is 1.71. The third-order valence-electron chi connectivity index (χ3n) is 5.71. The number of amides is 1. The third-order valence-corrected chi connectivity index (χ3v) is 5.71. The van der Waals surface area contributed by atoms with E-state index >= 15 is 0 Å². The number of rotatable bonds is 9. The number of hydrogen-bond donors (Lipinski definition) is 1. The van der Waals surface area contributed by atoms with E-state index in [0.717, 1.165) is 55.1 Å². The Kier molecular flexibility index (Phi) is 6.75. The van der Waals surface area contributed by atoms with Gasteiger partial charge in [0.05, 0.1) is 7.11 Å². The van der Waals surface area contributed by atoms with Crippen LogP contribution in [0, 0.1) is 17.8 Å². The van der Waals surface area contributed by atoms with Crippen LogP contribution in [0.25, 0.3) is 0 Å². The number of ether oxygens (including phenoxy) is 1. The molecule has 2 fully saturated rings. The first-order valence-electron chi connectivity index (χ1n) is 9.96. The Balaban J connectivity index is 0.00000300. The van der Waals surface area contributed by atoms with E-state index in [0.29, 0.717) is 0 Å². The van der Waals surface area contributed by atoms with Crippen molar-refractivity contribution >= 4 is 11.6 Å². The maximum absolute atomic E-state index is 12.0. The Hall–Kier alpha value is -2.75. The van der Waals surface area contributed by atoms with Crippen LogP contribution in [0.1, 0.15) is 14.8 Å². The second-order valence-electron chi connectivity index (χ2n) is 7.41. The molecule has 1 N–H and O–H groups in total. The van der Waals surface area contributed by atoms with Crippen molar-refractivity contribution in [3.05, 3.63) is 72.9 Å². The molecular formula is C24H32N2O2. The molecule has 1 heterocycles. The minimum absolute atomic E-state index is 0. The highest BCUT2D eigenvalue weighted by Crippen LogP contribution is 2.54. The molecule has 1 saturated carbocycles. The number of anilines is 1. The third kappa shape index (κ3) is 4.94. The number of methoxy groups -OCH3 is 1. The van der Waals surface area contributed by atoms with Crippen molar-refractivity contribution in [2.24, 2.45) is 17.8 Å². The van der Waals surface area contributed by atoms with E-state index in [2.05, 4.69) is 28.9 Å². The molecule has 150 valence electrons. The van der Waals surface area contributed by atoms with Gasteiger partial charge in [0.2, 0.25) is 5.91 Å². The van der Waals surface area contributed by atoms with Gasteiger partial charge in [-0.15, -0.1) is 0 Å². The molecule has 1 unspecified atom stereocenters. The lowest BCUT2D eigenvalue weighted by Gasteiger charge is -2.22. The van der Waals surface area contributed by atoms with Gasteiger partial charge in [0.1, 0.15) is 5.75 Å². The van der Waals surface area contributed by atoms with Crippen molar-refractivity contribution in [2.75, 3.05) is 31.6 Å². The molecule has 1 aromatic carbocycles. The fraction of sp³-hybridized carbons (Fsp3) is 0.375. The normalized spacial score (nSPS) is 23.9. The van der Waals surface area contributed by atoms with E-state index in [-0.39, 0.29) is 7.33 Å². The molecule has 28 heavy (non-hydrogen) atoms. The van der Waals surface area contributed by atoms with E-state index in [1.54, 1.807) is 25.3 Å². The van der Waals surface area contributed by atoms with Crippen molar-refractivity contribution in [2.45, 2.75) is 13.3 Å². The van der Waals surface area contributed by atoms with E-state index in [9.17, 15) is 4.79 Å². The quantitative estimate of drug-likeness (QED) is 0.511. The van der Waals surface area contributed by atoms with Crippen LogP contribution in [0.4, 0.5) is 5.69 Å². The van der Waals surface area contributed by atoms with Gasteiger partial charge in [-0.1, -0.05) is 36.9 Å². The molecule has 3 rings (SSSR count). The number of hydrogen-bond acceptors (Lipinski definition) is 3. The van der Waals surface area contributed by atoms with Crippen LogP contribution in [-0.2, 0) is 4.79 Å². The first-order chi connectivity index (χ1) is 13.7. The molecule has 1 saturated heterocycles. The number of piperidine rings is 1. The molecule has 1 aromatic rings. The largest absolute Gasteiger partial charge is 0.497 e. The summed E-state index contributed by atoms with van der Waals surface area (Å²) in [6, 6.07) is 8.28. The number of fused-ring (bicyclic) bond motifs is 1. The molecular weight excluding hydrogens is 348 g/mol. The fourth-order valence-corrected chi connectivity index (χ4v) is 4.09. The summed E-state index contributed by atoms with van der Waals surface area (Å²) in [5.74, 6) is 3.12. The van der Waals surface area contributed by atoms with Crippen molar-refractivity contribution in [1.29, 1.82) is 0 Å². The minimum Gasteiger partial charge on any atom is -0.497 e. The van der Waals surface area contributed by atoms with Gasteiger partial charge in [-0.2, -0.15) is 0 Å². The summed E-state index contributed by atoms with van der Waals surface area (Å²) in [4.78, 5) is 14.4. The monoisotopic (exact) mass is 380 g/mol. The number of nitrogens with zero attached hydrogens (tertiary/aromatic N) is 1. The Morgan fingerprint density at radius 1 is 1.36 bits per heavy atom. The average molecular weight is 381 g/mol. The van der Waals surface area contributed by atoms with Gasteiger partial charge in [0.25, 0.3) is 0 Å². The Labute approximate surface area is 169 Å². The van der Waals surface area contributed by atoms with E-state index in [1.807, 2.05) is 37.3 Å². The highest BCUT2D eigenvalue weighted by molar-refractivity contribution is 5.88. The molecule has 4 nitrogen and oxygen atoms in total. The van der Waals surface area contributed by atoms with E-state index in [4.69, 9.17) is 4.74 Å². The second kappa shape index (κ2) is 9.45. The SMILES string of the molecule is C=CC(/C=C/C(=O)NCCC1[C@H]2CN(c3cccc(OC)c3)C[C@@H]12)=C\C=C/C.[HH]. The van der Waals surface area contributed by atoms with Crippen molar-refractivity contribution in [3.63, 3.8) is 0 Å². The van der Waals surface area contributed by atoms with Crippen molar-refractivity contribution < 1.29 is 11.0 Å². The zero-order chi connectivity index (χ0) is 19.9. The summed E-state index contributed by atoms with van der Waals surface area (Å²) in [5, 5.41) is 3.00. The molecule has 1 aliphatic heterocycles. The molecule has 3 atom stereocenters. The second-order valence-corrected chi connectivity index (χ2v) is 7.41. The topological polar surface area (TPSA) is 41.6 Å². The first kappa shape index (κ1) is 20.0. The molecule has 1 amide bonds. The molecule has 0 spiro atoms. The molecule has 0 aromatic heterocycles. The standard InChI is InChI=1S/C24H30N2O2.H2/c1-4-6-8-18(5-2)11-12-24(27)25-14-13-21-22-16-26(17-23(21)22)19-9-7-10-20(15-19)28-3;/h4-12,15,21-23H,2,13-14,16-17H2,1,3H3,(H,25,27);1H/b6-4-,12-11+,18-8+;/t21?,22-,23+;. The number of allylic oxidation sites excluding steroid dienone is 6. The predicted octanol–water partition coefficient (Wildman–Crippen LogP) is 4.37. The zero-order valence-electron chi connectivity index (χ0n) is 16.8. The van der Waals surface area contributed by atoms with Crippen LogP contribution in [0.3, 0.4) is 0 Å². The molecule has 4 heteroatoms. The van der Waals surface area contributed by atoms with Gasteiger partial charge in [-0.05, 0) is 54.9 Å². The summed E-state index contributed by atoms with van der Waals surface area (Å²) in [6.07, 6.45) is 12.0. The molecule has 0 bridgehead atoms. The van der Waals surface area contributed by atoms with Gasteiger partial charge in [0, 0.05) is 38.9 Å². The molecule has 1 aliphatic carbocycles. The van der Waals surface area contributed by atoms with Crippen LogP contribution in [0.5, 0.6) is 5.75 Å². The summed E-state index contributed by atoms with van der Waals surface area (Å²) in [5.41, 5.74) is 2.16. The average Bonchev–Trinajstić information content (AvgIpc) is 3.16. The molecule has 2 aliphatic rings. The Morgan fingerprint density at radius 3 is 2.82 bits per heavy atom. The van der Waals surface area contributed by atoms with Crippen LogP contribution in [-0.4, -0.2) is 32.7 Å². The minimum atomic E-state index is -0.0444. The maximum Gasteiger partial charge on any atom is 0.243 e. The number of benzene rings is 1. The van der Waals surface area contributed by atoms with Gasteiger partial charge >= 0.3 is 0 Å². The first-order valence-corrected chi connectivity index (χ1v) is 9.96. The van der Waals surface area contributed by atoms with Crippen LogP contribution >= 0.6 is 0 Å². The van der Waals surface area contributed by atoms with Gasteiger partial charge in [-0.25, -0.2) is 0 Å². The Morgan fingerprint density at radius 2 is 2.14 bits per heavy atom.